The largest absolute Gasteiger partial charge is 0.481 e. The Hall–Kier alpha value is -4.12. The first-order valence-corrected chi connectivity index (χ1v) is 11.8. The van der Waals surface area contributed by atoms with Crippen LogP contribution in [0.5, 0.6) is 0 Å². The van der Waals surface area contributed by atoms with E-state index in [1.54, 1.807) is 24.0 Å². The van der Waals surface area contributed by atoms with E-state index in [0.717, 1.165) is 17.5 Å². The van der Waals surface area contributed by atoms with Crippen molar-refractivity contribution in [1.82, 2.24) is 20.0 Å². The first-order valence-electron chi connectivity index (χ1n) is 11.8. The number of esters is 1. The van der Waals surface area contributed by atoms with Gasteiger partial charge in [0.15, 0.2) is 6.23 Å². The average Bonchev–Trinajstić information content (AvgIpc) is 3.30. The Morgan fingerprint density at radius 1 is 1.14 bits per heavy atom. The molecule has 0 spiro atoms. The summed E-state index contributed by atoms with van der Waals surface area (Å²) >= 11 is 0. The van der Waals surface area contributed by atoms with Crippen LogP contribution in [0.4, 0.5) is 0 Å². The molecule has 1 saturated heterocycles. The molecule has 1 fully saturated rings. The highest BCUT2D eigenvalue weighted by molar-refractivity contribution is 6.28. The molecule has 1 aliphatic heterocycles. The quantitative estimate of drug-likeness (QED) is 0.340. The van der Waals surface area contributed by atoms with Gasteiger partial charge < -0.3 is 19.5 Å². The summed E-state index contributed by atoms with van der Waals surface area (Å²) in [5.74, 6) is -4.11. The zero-order chi connectivity index (χ0) is 26.9. The highest BCUT2D eigenvalue weighted by Crippen LogP contribution is 2.30. The van der Waals surface area contributed by atoms with E-state index in [2.05, 4.69) is 42.0 Å². The minimum atomic E-state index is -1.78. The fourth-order valence-electron chi connectivity index (χ4n) is 4.33. The maximum absolute atomic E-state index is 11.5. The van der Waals surface area contributed by atoms with Crippen LogP contribution in [0.25, 0.3) is 22.8 Å². The molecule has 1 aromatic carbocycles. The van der Waals surface area contributed by atoms with E-state index in [9.17, 15) is 19.5 Å². The molecule has 194 valence electrons. The van der Waals surface area contributed by atoms with Gasteiger partial charge in [0, 0.05) is 29.9 Å². The Morgan fingerprint density at radius 2 is 1.89 bits per heavy atom. The highest BCUT2D eigenvalue weighted by Gasteiger charge is 2.47. The number of carboxylic acids is 2. The number of benzene rings is 1. The second-order valence-electron chi connectivity index (χ2n) is 9.57. The molecule has 0 amide bonds. The van der Waals surface area contributed by atoms with Crippen LogP contribution in [0.3, 0.4) is 0 Å². The van der Waals surface area contributed by atoms with Gasteiger partial charge >= 0.3 is 17.9 Å². The highest BCUT2D eigenvalue weighted by atomic mass is 16.6. The van der Waals surface area contributed by atoms with Crippen LogP contribution in [0.2, 0.25) is 0 Å². The minimum Gasteiger partial charge on any atom is -0.481 e. The summed E-state index contributed by atoms with van der Waals surface area (Å²) in [5, 5.41) is 22.2. The fourth-order valence-corrected chi connectivity index (χ4v) is 4.33. The molecule has 4 rings (SSSR count). The summed E-state index contributed by atoms with van der Waals surface area (Å²) in [6.45, 7) is 8.48. The smallest absolute Gasteiger partial charge is 0.418 e. The van der Waals surface area contributed by atoms with Crippen molar-refractivity contribution in [1.29, 1.82) is 0 Å². The second kappa shape index (κ2) is 10.5. The third-order valence-corrected chi connectivity index (χ3v) is 6.25. The van der Waals surface area contributed by atoms with Gasteiger partial charge in [-0.3, -0.25) is 14.7 Å². The molecule has 11 nitrogen and oxygen atoms in total. The lowest BCUT2D eigenvalue weighted by Gasteiger charge is -2.44. The summed E-state index contributed by atoms with van der Waals surface area (Å²) < 4.78 is 10.4. The van der Waals surface area contributed by atoms with Crippen molar-refractivity contribution in [2.24, 2.45) is 11.8 Å². The molecule has 3 aromatic rings. The van der Waals surface area contributed by atoms with Crippen LogP contribution in [0.15, 0.2) is 34.9 Å². The molecule has 1 aliphatic rings. The first-order chi connectivity index (χ1) is 17.5. The van der Waals surface area contributed by atoms with Gasteiger partial charge in [-0.05, 0) is 61.6 Å². The fraction of sp³-hybridized carbons (Fsp3) is 0.385. The van der Waals surface area contributed by atoms with Crippen LogP contribution in [-0.4, -0.2) is 60.9 Å². The molecule has 11 heteroatoms. The molecular formula is C26H28N4O7. The van der Waals surface area contributed by atoms with Gasteiger partial charge in [0.2, 0.25) is 5.82 Å². The lowest BCUT2D eigenvalue weighted by atomic mass is 9.96. The zero-order valence-electron chi connectivity index (χ0n) is 21.0. The van der Waals surface area contributed by atoms with E-state index >= 15 is 0 Å². The number of hydrogen-bond donors (Lipinski definition) is 2. The predicted octanol–water partition coefficient (Wildman–Crippen LogP) is 3.08. The van der Waals surface area contributed by atoms with Crippen LogP contribution in [-0.2, 0) is 32.1 Å². The van der Waals surface area contributed by atoms with Crippen molar-refractivity contribution in [2.75, 3.05) is 6.54 Å². The van der Waals surface area contributed by atoms with Crippen LogP contribution < -0.4 is 0 Å². The van der Waals surface area contributed by atoms with Gasteiger partial charge in [0.25, 0.3) is 5.89 Å². The predicted molar refractivity (Wildman–Crippen MR) is 130 cm³/mol. The topological polar surface area (TPSA) is 156 Å². The van der Waals surface area contributed by atoms with E-state index in [1.807, 2.05) is 12.1 Å². The van der Waals surface area contributed by atoms with E-state index in [4.69, 9.17) is 14.4 Å². The van der Waals surface area contributed by atoms with Crippen molar-refractivity contribution in [3.8, 4) is 22.8 Å². The number of aromatic nitrogens is 3. The Labute approximate surface area is 213 Å². The molecular weight excluding hydrogens is 480 g/mol. The number of aliphatic carboxylic acids is 2. The average molecular weight is 509 g/mol. The number of likely N-dealkylation sites (tertiary alicyclic amines) is 1. The summed E-state index contributed by atoms with van der Waals surface area (Å²) in [5.41, 5.74) is 5.17. The standard InChI is InChI=1S/C26H28N4O7/c1-13(2)9-16-5-6-17(10-14(16)3)22-28-21(29-37-22)19-8-7-18(27-15(19)4)11-30-12-20(24(31)32)23(30)36-26(35)25(33)34/h5-8,10,13,20,23H,9,11-12H2,1-4H3,(H,31,32)(H,33,34). The summed E-state index contributed by atoms with van der Waals surface area (Å²) in [7, 11) is 0. The number of aryl methyl sites for hydroxylation is 2. The maximum Gasteiger partial charge on any atom is 0.418 e. The van der Waals surface area contributed by atoms with E-state index in [-0.39, 0.29) is 13.1 Å². The number of carbonyl (C=O) groups is 3. The molecule has 0 saturated carbocycles. The molecule has 2 unspecified atom stereocenters. The molecule has 2 aromatic heterocycles. The number of hydrogen-bond acceptors (Lipinski definition) is 9. The van der Waals surface area contributed by atoms with Crippen molar-refractivity contribution >= 4 is 17.9 Å². The number of pyridine rings is 1. The minimum absolute atomic E-state index is 0.0962. The maximum atomic E-state index is 11.5. The molecule has 0 aliphatic carbocycles. The van der Waals surface area contributed by atoms with Crippen LogP contribution in [0.1, 0.15) is 36.4 Å². The van der Waals surface area contributed by atoms with E-state index in [1.165, 1.54) is 5.56 Å². The second-order valence-corrected chi connectivity index (χ2v) is 9.57. The lowest BCUT2D eigenvalue weighted by molar-refractivity contribution is -0.204. The van der Waals surface area contributed by atoms with Gasteiger partial charge in [-0.25, -0.2) is 9.59 Å². The summed E-state index contributed by atoms with van der Waals surface area (Å²) in [4.78, 5) is 44.3. The van der Waals surface area contributed by atoms with Crippen molar-refractivity contribution < 1.29 is 33.9 Å². The summed E-state index contributed by atoms with van der Waals surface area (Å²) in [6, 6.07) is 9.61. The Bertz CT molecular complexity index is 1350. The van der Waals surface area contributed by atoms with Gasteiger partial charge in [0.05, 0.1) is 5.69 Å². The number of nitrogens with zero attached hydrogens (tertiary/aromatic N) is 4. The molecule has 3 heterocycles. The molecule has 0 bridgehead atoms. The van der Waals surface area contributed by atoms with Gasteiger partial charge in [0.1, 0.15) is 5.92 Å². The first kappa shape index (κ1) is 26.0. The molecule has 37 heavy (non-hydrogen) atoms. The van der Waals surface area contributed by atoms with Crippen LogP contribution >= 0.6 is 0 Å². The van der Waals surface area contributed by atoms with Gasteiger partial charge in [-0.1, -0.05) is 25.1 Å². The number of ether oxygens (including phenoxy) is 1. The molecule has 0 radical (unpaired) electrons. The van der Waals surface area contributed by atoms with Crippen molar-refractivity contribution in [3.05, 3.63) is 52.8 Å². The Balaban J connectivity index is 1.48. The third kappa shape index (κ3) is 5.67. The van der Waals surface area contributed by atoms with Gasteiger partial charge in [-0.2, -0.15) is 4.98 Å². The van der Waals surface area contributed by atoms with Crippen molar-refractivity contribution in [2.45, 2.75) is 46.9 Å². The molecule has 2 atom stereocenters. The van der Waals surface area contributed by atoms with Crippen LogP contribution in [0, 0.1) is 25.7 Å². The van der Waals surface area contributed by atoms with Crippen molar-refractivity contribution in [3.63, 3.8) is 0 Å². The summed E-state index contributed by atoms with van der Waals surface area (Å²) in [6.07, 6.45) is -0.187. The monoisotopic (exact) mass is 508 g/mol. The Morgan fingerprint density at radius 3 is 2.51 bits per heavy atom. The number of carbonyl (C=O) groups excluding carboxylic acids is 1. The molecule has 2 N–H and O–H groups in total. The van der Waals surface area contributed by atoms with Gasteiger partial charge in [-0.15, -0.1) is 0 Å². The SMILES string of the molecule is Cc1cc(-c2nc(-c3ccc(CN4CC(C(=O)O)C4OC(=O)C(=O)O)nc3C)no2)ccc1CC(C)C. The third-order valence-electron chi connectivity index (χ3n) is 6.25. The Kier molecular flexibility index (Phi) is 7.35. The zero-order valence-corrected chi connectivity index (χ0v) is 21.0. The normalized spacial score (nSPS) is 17.4. The number of rotatable bonds is 8. The lowest BCUT2D eigenvalue weighted by Crippen LogP contribution is -2.60. The van der Waals surface area contributed by atoms with E-state index in [0.29, 0.717) is 34.6 Å². The number of carboxylic acid groups (broad SMARTS) is 2. The van der Waals surface area contributed by atoms with E-state index < -0.39 is 30.1 Å².